The van der Waals surface area contributed by atoms with Crippen molar-refractivity contribution in [3.05, 3.63) is 18.2 Å². The van der Waals surface area contributed by atoms with Gasteiger partial charge in [-0.3, -0.25) is 0 Å². The molecular formula is C6H5ClFNO3S. The van der Waals surface area contributed by atoms with E-state index in [0.717, 1.165) is 12.3 Å². The Hall–Kier alpha value is -0.880. The van der Waals surface area contributed by atoms with Gasteiger partial charge in [0.15, 0.2) is 5.75 Å². The van der Waals surface area contributed by atoms with Crippen LogP contribution < -0.4 is 4.74 Å². The third-order valence-corrected chi connectivity index (χ3v) is 2.60. The molecule has 1 heterocycles. The molecule has 0 N–H and O–H groups in total. The monoisotopic (exact) mass is 225 g/mol. The fourth-order valence-corrected chi connectivity index (χ4v) is 1.37. The number of rotatable bonds is 2. The highest BCUT2D eigenvalue weighted by molar-refractivity contribution is 8.13. The van der Waals surface area contributed by atoms with Gasteiger partial charge in [0.05, 0.1) is 13.3 Å². The Morgan fingerprint density at radius 2 is 2.23 bits per heavy atom. The Balaban J connectivity index is 3.30. The molecule has 0 aliphatic heterocycles. The number of hydrogen-bond acceptors (Lipinski definition) is 4. The molecular weight excluding hydrogens is 221 g/mol. The molecule has 0 spiro atoms. The summed E-state index contributed by atoms with van der Waals surface area (Å²) in [6, 6.07) is 0.963. The number of ether oxygens (including phenoxy) is 1. The Bertz CT molecular complexity index is 420. The van der Waals surface area contributed by atoms with Gasteiger partial charge < -0.3 is 4.74 Å². The van der Waals surface area contributed by atoms with Crippen LogP contribution in [0.15, 0.2) is 17.2 Å². The molecule has 7 heteroatoms. The fourth-order valence-electron chi connectivity index (χ4n) is 0.686. The first-order valence-electron chi connectivity index (χ1n) is 3.09. The molecule has 0 atom stereocenters. The largest absolute Gasteiger partial charge is 0.492 e. The zero-order valence-electron chi connectivity index (χ0n) is 6.49. The van der Waals surface area contributed by atoms with Crippen LogP contribution >= 0.6 is 10.7 Å². The lowest BCUT2D eigenvalue weighted by Crippen LogP contribution is -1.97. The van der Waals surface area contributed by atoms with E-state index in [1.807, 2.05) is 0 Å². The average molecular weight is 226 g/mol. The molecule has 0 aliphatic carbocycles. The van der Waals surface area contributed by atoms with Gasteiger partial charge in [-0.05, 0) is 0 Å². The first kappa shape index (κ1) is 10.2. The second-order valence-electron chi connectivity index (χ2n) is 2.10. The zero-order chi connectivity index (χ0) is 10.1. The van der Waals surface area contributed by atoms with Gasteiger partial charge in [0, 0.05) is 16.7 Å². The first-order valence-corrected chi connectivity index (χ1v) is 5.40. The average Bonchev–Trinajstić information content (AvgIpc) is 2.03. The van der Waals surface area contributed by atoms with Crippen molar-refractivity contribution in [2.75, 3.05) is 7.11 Å². The highest BCUT2D eigenvalue weighted by Crippen LogP contribution is 2.21. The highest BCUT2D eigenvalue weighted by Gasteiger charge is 2.14. The first-order chi connectivity index (χ1) is 5.95. The summed E-state index contributed by atoms with van der Waals surface area (Å²) in [4.78, 5) is 2.86. The van der Waals surface area contributed by atoms with Crippen molar-refractivity contribution in [3.8, 4) is 5.75 Å². The lowest BCUT2D eigenvalue weighted by Gasteiger charge is -2.01. The van der Waals surface area contributed by atoms with Gasteiger partial charge in [-0.1, -0.05) is 0 Å². The zero-order valence-corrected chi connectivity index (χ0v) is 8.06. The van der Waals surface area contributed by atoms with E-state index in [1.165, 1.54) is 7.11 Å². The topological polar surface area (TPSA) is 56.3 Å². The van der Waals surface area contributed by atoms with Crippen LogP contribution in [0.3, 0.4) is 0 Å². The van der Waals surface area contributed by atoms with Gasteiger partial charge in [0.1, 0.15) is 4.90 Å². The van der Waals surface area contributed by atoms with E-state index in [0.29, 0.717) is 0 Å². The Labute approximate surface area is 78.7 Å². The molecule has 0 aromatic carbocycles. The second-order valence-corrected chi connectivity index (χ2v) is 4.67. The van der Waals surface area contributed by atoms with Crippen molar-refractivity contribution >= 4 is 19.7 Å². The van der Waals surface area contributed by atoms with Crippen molar-refractivity contribution in [1.29, 1.82) is 0 Å². The number of hydrogen-bond donors (Lipinski definition) is 0. The van der Waals surface area contributed by atoms with Crippen LogP contribution in [0, 0.1) is 5.95 Å². The number of pyridine rings is 1. The summed E-state index contributed by atoms with van der Waals surface area (Å²) < 4.78 is 38.7. The summed E-state index contributed by atoms with van der Waals surface area (Å²) in [5, 5.41) is 0. The summed E-state index contributed by atoms with van der Waals surface area (Å²) in [6.07, 6.45) is 0.820. The second kappa shape index (κ2) is 3.47. The SMILES string of the molecule is COc1cc(S(=O)(=O)Cl)cnc1F. The van der Waals surface area contributed by atoms with E-state index in [9.17, 15) is 12.8 Å². The molecule has 0 fully saturated rings. The van der Waals surface area contributed by atoms with Crippen LogP contribution in [0.25, 0.3) is 0 Å². The van der Waals surface area contributed by atoms with Gasteiger partial charge in [-0.2, -0.15) is 4.39 Å². The number of nitrogens with zero attached hydrogens (tertiary/aromatic N) is 1. The van der Waals surface area contributed by atoms with Crippen LogP contribution in [-0.2, 0) is 9.05 Å². The summed E-state index contributed by atoms with van der Waals surface area (Å²) in [6.45, 7) is 0. The molecule has 0 bridgehead atoms. The molecule has 0 unspecified atom stereocenters. The Morgan fingerprint density at radius 1 is 1.62 bits per heavy atom. The van der Waals surface area contributed by atoms with E-state index in [4.69, 9.17) is 10.7 Å². The molecule has 0 amide bonds. The third kappa shape index (κ3) is 2.28. The minimum absolute atomic E-state index is 0.262. The fraction of sp³-hybridized carbons (Fsp3) is 0.167. The standard InChI is InChI=1S/C6H5ClFNO3S/c1-12-5-2-4(13(7,10)11)3-9-6(5)8/h2-3H,1H3. The number of halogens is 2. The molecule has 4 nitrogen and oxygen atoms in total. The molecule has 1 aromatic rings. The van der Waals surface area contributed by atoms with E-state index >= 15 is 0 Å². The van der Waals surface area contributed by atoms with Gasteiger partial charge in [0.2, 0.25) is 0 Å². The van der Waals surface area contributed by atoms with Crippen molar-refractivity contribution in [2.45, 2.75) is 4.90 Å². The van der Waals surface area contributed by atoms with Crippen LogP contribution in [0.2, 0.25) is 0 Å². The maximum atomic E-state index is 12.7. The predicted octanol–water partition coefficient (Wildman–Crippen LogP) is 1.16. The van der Waals surface area contributed by atoms with Crippen LogP contribution in [0.5, 0.6) is 5.75 Å². The maximum absolute atomic E-state index is 12.7. The normalized spacial score (nSPS) is 11.3. The van der Waals surface area contributed by atoms with Gasteiger partial charge in [0.25, 0.3) is 15.0 Å². The molecule has 72 valence electrons. The van der Waals surface area contributed by atoms with Crippen molar-refractivity contribution in [3.63, 3.8) is 0 Å². The van der Waals surface area contributed by atoms with Crippen LogP contribution in [-0.4, -0.2) is 20.5 Å². The molecule has 0 saturated heterocycles. The molecule has 0 saturated carbocycles. The highest BCUT2D eigenvalue weighted by atomic mass is 35.7. The molecule has 13 heavy (non-hydrogen) atoms. The predicted molar refractivity (Wildman–Crippen MR) is 43.8 cm³/mol. The summed E-state index contributed by atoms with van der Waals surface area (Å²) in [5.74, 6) is -1.15. The minimum Gasteiger partial charge on any atom is -0.492 e. The molecule has 0 aliphatic rings. The van der Waals surface area contributed by atoms with E-state index < -0.39 is 15.0 Å². The van der Waals surface area contributed by atoms with E-state index in [1.54, 1.807) is 0 Å². The number of aromatic nitrogens is 1. The molecule has 1 aromatic heterocycles. The molecule has 1 rings (SSSR count). The van der Waals surface area contributed by atoms with Crippen LogP contribution in [0.1, 0.15) is 0 Å². The number of methoxy groups -OCH3 is 1. The van der Waals surface area contributed by atoms with Crippen molar-refractivity contribution in [2.24, 2.45) is 0 Å². The summed E-state index contributed by atoms with van der Waals surface area (Å²) in [7, 11) is 2.30. The van der Waals surface area contributed by atoms with Gasteiger partial charge in [-0.15, -0.1) is 0 Å². The Kier molecular flexibility index (Phi) is 2.72. The lowest BCUT2D eigenvalue weighted by atomic mass is 10.4. The summed E-state index contributed by atoms with van der Waals surface area (Å²) >= 11 is 0. The van der Waals surface area contributed by atoms with Crippen molar-refractivity contribution in [1.82, 2.24) is 4.98 Å². The van der Waals surface area contributed by atoms with Crippen LogP contribution in [0.4, 0.5) is 4.39 Å². The smallest absolute Gasteiger partial charge is 0.262 e. The maximum Gasteiger partial charge on any atom is 0.262 e. The van der Waals surface area contributed by atoms with E-state index in [-0.39, 0.29) is 10.6 Å². The Morgan fingerprint density at radius 3 is 2.69 bits per heavy atom. The quantitative estimate of drug-likeness (QED) is 0.560. The lowest BCUT2D eigenvalue weighted by molar-refractivity contribution is 0.376. The van der Waals surface area contributed by atoms with Gasteiger partial charge >= 0.3 is 0 Å². The molecule has 0 radical (unpaired) electrons. The summed E-state index contributed by atoms with van der Waals surface area (Å²) in [5.41, 5.74) is 0. The minimum atomic E-state index is -3.89. The van der Waals surface area contributed by atoms with Gasteiger partial charge in [-0.25, -0.2) is 13.4 Å². The van der Waals surface area contributed by atoms with E-state index in [2.05, 4.69) is 9.72 Å². The third-order valence-electron chi connectivity index (χ3n) is 1.28. The van der Waals surface area contributed by atoms with Crippen molar-refractivity contribution < 1.29 is 17.5 Å².